The molecule has 3 aromatic heterocycles. The standard InChI is InChI=1S/C32H16N8.C18H16N2O.C11H16O4S.2C11H15O.C8H4N2.Cu.3Na.3O3S/c1-2-10-18-17(9-1)25-33-26(18)38-28-21-13-5-6-14-22(21)30(35-28)40-32-24-16-8-7-15-23(24)31(36-32)39-29-20-12-4-3-11-19(20)27(34-29)37-25;1-18(2,3)13-7-6-8-14(11-13)21-15-9-10-16(19-4)17(12-15)20-5;1-11(2,3)8-5-6-10(16(12,13)14)9(7-8)15-4;2*1-11(2,3)9-6-5-7-10(8-9)12-4;1-9-7-5-3-4-6-8(7)10-2;;;;;3*1-4(2)3/h1-16H;6-12H,1-3H3;5-7H,1-4H3,(H,12,13,14);2*5-6,8H,1-4H3;3-6H;;;;;;;/q-2;;;2*-1;;+2;3*+1;;;/p-1. The molecule has 0 fully saturated rings. The molecule has 0 saturated heterocycles. The Hall–Kier alpha value is -11.0. The van der Waals surface area contributed by atoms with Gasteiger partial charge >= 0.3 is 138 Å². The maximum absolute atomic E-state index is 10.9. The van der Waals surface area contributed by atoms with Crippen LogP contribution in [0.2, 0.25) is 0 Å². The summed E-state index contributed by atoms with van der Waals surface area (Å²) in [5.41, 5.74) is 12.2. The van der Waals surface area contributed by atoms with Crippen LogP contribution in [0.25, 0.3) is 109 Å². The van der Waals surface area contributed by atoms with Crippen LogP contribution in [-0.4, -0.2) is 102 Å². The molecule has 13 aromatic rings. The smallest absolute Gasteiger partial charge is 0.744 e. The zero-order chi connectivity index (χ0) is 90.7. The number of benzene rings is 10. The molecule has 0 amide bonds. The van der Waals surface area contributed by atoms with Crippen molar-refractivity contribution in [1.29, 1.82) is 0 Å². The molecule has 2 aliphatic rings. The van der Waals surface area contributed by atoms with Gasteiger partial charge in [0.25, 0.3) is 0 Å². The molecule has 10 aromatic carbocycles. The van der Waals surface area contributed by atoms with E-state index >= 15 is 0 Å². The molecular formula is C91H81CuN12Na3O16S4. The summed E-state index contributed by atoms with van der Waals surface area (Å²) >= 11 is 0. The van der Waals surface area contributed by atoms with Crippen LogP contribution in [0.3, 0.4) is 0 Å². The molecule has 1 radical (unpaired) electrons. The Kier molecular flexibility index (Phi) is 43.8. The van der Waals surface area contributed by atoms with Crippen LogP contribution >= 0.6 is 0 Å². The normalized spacial score (nSPS) is 10.4. The summed E-state index contributed by atoms with van der Waals surface area (Å²) in [5.74, 6) is 5.22. The molecule has 8 bridgehead atoms. The van der Waals surface area contributed by atoms with Crippen LogP contribution < -0.4 is 118 Å². The number of fused-ring (bicyclic) bond motifs is 20. The van der Waals surface area contributed by atoms with Gasteiger partial charge in [0.2, 0.25) is 0 Å². The predicted molar refractivity (Wildman–Crippen MR) is 467 cm³/mol. The van der Waals surface area contributed by atoms with Gasteiger partial charge in [-0.25, -0.2) is 23.2 Å². The van der Waals surface area contributed by atoms with Crippen LogP contribution in [-0.2, 0) is 80.7 Å². The van der Waals surface area contributed by atoms with Gasteiger partial charge in [0.1, 0.15) is 27.4 Å². The van der Waals surface area contributed by atoms with Gasteiger partial charge in [-0.05, 0) is 90.7 Å². The fourth-order valence-corrected chi connectivity index (χ4v) is 12.0. The molecule has 0 saturated carbocycles. The first-order valence-corrected chi connectivity index (χ1v) is 41.1. The molecule has 36 heteroatoms. The van der Waals surface area contributed by atoms with Crippen molar-refractivity contribution < 1.29 is 176 Å². The third-order valence-corrected chi connectivity index (χ3v) is 18.5. The van der Waals surface area contributed by atoms with Crippen molar-refractivity contribution in [1.82, 2.24) is 39.9 Å². The maximum Gasteiger partial charge on any atom is 2.00 e. The number of methoxy groups -OCH3 is 3. The summed E-state index contributed by atoms with van der Waals surface area (Å²) in [6.45, 7) is 53.0. The van der Waals surface area contributed by atoms with E-state index in [1.165, 1.54) is 29.9 Å². The van der Waals surface area contributed by atoms with Crippen LogP contribution in [0.5, 0.6) is 28.7 Å². The van der Waals surface area contributed by atoms with Gasteiger partial charge in [0.15, 0.2) is 22.7 Å². The largest absolute Gasteiger partial charge is 2.00 e. The zero-order valence-corrected chi connectivity index (χ0v) is 82.8. The van der Waals surface area contributed by atoms with Crippen LogP contribution in [0.4, 0.5) is 22.7 Å². The first-order chi connectivity index (χ1) is 58.0. The molecule has 28 nitrogen and oxygen atoms in total. The summed E-state index contributed by atoms with van der Waals surface area (Å²) in [4.78, 5) is 52.0. The number of para-hydroxylation sites is 2. The molecular weight excluding hydrogens is 1780 g/mol. The van der Waals surface area contributed by atoms with E-state index in [4.69, 9.17) is 123 Å². The summed E-state index contributed by atoms with van der Waals surface area (Å²) in [7, 11) is -9.14. The van der Waals surface area contributed by atoms with Crippen LogP contribution in [0, 0.1) is 38.4 Å². The second-order valence-electron chi connectivity index (χ2n) is 30.1. The van der Waals surface area contributed by atoms with Gasteiger partial charge < -0.3 is 53.4 Å². The predicted octanol–water partition coefficient (Wildman–Crippen LogP) is 10.3. The first kappa shape index (κ1) is 110. The number of nitrogens with zero attached hydrogens (tertiary/aromatic N) is 12. The van der Waals surface area contributed by atoms with Gasteiger partial charge in [-0.2, -0.15) is 24.3 Å². The summed E-state index contributed by atoms with van der Waals surface area (Å²) < 4.78 is 130. The van der Waals surface area contributed by atoms with Crippen molar-refractivity contribution in [2.45, 2.75) is 110 Å². The van der Waals surface area contributed by atoms with Crippen molar-refractivity contribution >= 4 is 109 Å². The SMILES string of the molecule is COc1[c-]ccc(C(C)(C)C)c1.COc1[c-]ccc(C(C)(C)C)c1.COc1cc(C(C)(C)C)ccc1S(=O)(=O)[O-].O=S(=O)=O.O=S(=O)=O.O=S(=O)=O.[C-]#[N+]c1ccc(Oc2cccc(C(C)(C)C)c2)cc1[N+]#[C-].[C-]#[N+]c1ccccc1[N+]#[C-].[Cu+2].[Na+].[Na+].[Na+].c1ccc2c(c1)-c1nc-2nc2[n-]c(nc3nc(nc4[n-]c(n1)c1ccccc41)-c1ccccc1-3)c1ccccc21. The number of ether oxygens (including phenoxy) is 4. The topological polar surface area (TPSA) is 371 Å². The molecule has 0 atom stereocenters. The van der Waals surface area contributed by atoms with E-state index in [0.717, 1.165) is 66.6 Å². The Bertz CT molecular complexity index is 6430. The average molecular weight is 1860 g/mol. The number of aromatic nitrogens is 8. The Morgan fingerprint density at radius 2 is 0.654 bits per heavy atom. The number of rotatable bonds is 6. The number of hydrogen-bond donors (Lipinski definition) is 0. The van der Waals surface area contributed by atoms with E-state index in [2.05, 4.69) is 112 Å². The Labute approximate surface area is 819 Å². The molecule has 639 valence electrons. The monoisotopic (exact) mass is 1860 g/mol. The van der Waals surface area contributed by atoms with Crippen molar-refractivity contribution in [3.63, 3.8) is 0 Å². The molecule has 0 unspecified atom stereocenters. The van der Waals surface area contributed by atoms with Gasteiger partial charge in [-0.15, -0.1) is 73.3 Å². The Morgan fingerprint density at radius 1 is 0.354 bits per heavy atom. The van der Waals surface area contributed by atoms with E-state index in [9.17, 15) is 13.0 Å². The second kappa shape index (κ2) is 50.5. The van der Waals surface area contributed by atoms with E-state index < -0.39 is 41.9 Å². The summed E-state index contributed by atoms with van der Waals surface area (Å²) in [6.07, 6.45) is 0. The molecule has 0 aliphatic carbocycles. The second-order valence-corrected chi connectivity index (χ2v) is 32.7. The zero-order valence-electron chi connectivity index (χ0n) is 72.6. The van der Waals surface area contributed by atoms with Crippen LogP contribution in [0.15, 0.2) is 223 Å². The first-order valence-electron chi connectivity index (χ1n) is 36.7. The molecule has 0 spiro atoms. The van der Waals surface area contributed by atoms with E-state index in [1.54, 1.807) is 68.8 Å². The van der Waals surface area contributed by atoms with Gasteiger partial charge in [-0.3, -0.25) is 14.5 Å². The third kappa shape index (κ3) is 32.7. The van der Waals surface area contributed by atoms with Gasteiger partial charge in [0, 0.05) is 56.3 Å². The molecule has 15 rings (SSSR count). The van der Waals surface area contributed by atoms with Crippen molar-refractivity contribution in [2.75, 3.05) is 21.3 Å². The third-order valence-electron chi connectivity index (χ3n) is 17.6. The average Bonchev–Trinajstić information content (AvgIpc) is 1.60. The van der Waals surface area contributed by atoms with Crippen LogP contribution in [0.1, 0.15) is 105 Å². The quantitative estimate of drug-likeness (QED) is 0.0848. The molecule has 127 heavy (non-hydrogen) atoms. The van der Waals surface area contributed by atoms with Crippen molar-refractivity contribution in [3.8, 4) is 74.3 Å². The van der Waals surface area contributed by atoms with Gasteiger partial charge in [0.05, 0.1) is 75.8 Å². The number of hydrogen-bond acceptors (Lipinski definition) is 22. The Balaban J connectivity index is 0.000000410. The molecule has 0 N–H and O–H groups in total. The minimum atomic E-state index is -4.48. The Morgan fingerprint density at radius 3 is 0.961 bits per heavy atom. The minimum Gasteiger partial charge on any atom is -0.744 e. The molecule has 2 aliphatic heterocycles. The van der Waals surface area contributed by atoms with Gasteiger partial charge in [-0.1, -0.05) is 229 Å². The summed E-state index contributed by atoms with van der Waals surface area (Å²) in [5, 5.41) is 3.57. The fraction of sp³-hybridized carbons (Fsp3) is 0.209. The summed E-state index contributed by atoms with van der Waals surface area (Å²) in [6, 6.07) is 74.0. The van der Waals surface area contributed by atoms with Crippen molar-refractivity contribution in [3.05, 3.63) is 298 Å². The van der Waals surface area contributed by atoms with E-state index in [1.807, 2.05) is 160 Å². The van der Waals surface area contributed by atoms with E-state index in [-0.39, 0.29) is 138 Å². The van der Waals surface area contributed by atoms with Crippen molar-refractivity contribution in [2.24, 2.45) is 0 Å². The molecule has 5 heterocycles. The van der Waals surface area contributed by atoms with E-state index in [0.29, 0.717) is 74.4 Å². The fourth-order valence-electron chi connectivity index (χ4n) is 11.4. The minimum absolute atomic E-state index is 0. The maximum atomic E-state index is 10.9.